The lowest BCUT2D eigenvalue weighted by molar-refractivity contribution is -0.142. The Morgan fingerprint density at radius 2 is 2.00 bits per heavy atom. The SMILES string of the molecule is CC(C)CC(CNC(=O)N1CCCC(C)(C)C1)C(=O)O. The van der Waals surface area contributed by atoms with Gasteiger partial charge in [0.2, 0.25) is 0 Å². The Hall–Kier alpha value is -1.26. The van der Waals surface area contributed by atoms with Crippen molar-refractivity contribution in [1.82, 2.24) is 10.2 Å². The quantitative estimate of drug-likeness (QED) is 0.815. The van der Waals surface area contributed by atoms with Gasteiger partial charge in [0.05, 0.1) is 5.92 Å². The molecule has 1 rings (SSSR count). The van der Waals surface area contributed by atoms with Crippen molar-refractivity contribution in [3.63, 3.8) is 0 Å². The summed E-state index contributed by atoms with van der Waals surface area (Å²) < 4.78 is 0. The van der Waals surface area contributed by atoms with E-state index < -0.39 is 11.9 Å². The molecule has 2 N–H and O–H groups in total. The first kappa shape index (κ1) is 16.8. The monoisotopic (exact) mass is 284 g/mol. The topological polar surface area (TPSA) is 69.6 Å². The highest BCUT2D eigenvalue weighted by atomic mass is 16.4. The molecule has 20 heavy (non-hydrogen) atoms. The Morgan fingerprint density at radius 1 is 1.35 bits per heavy atom. The third-order valence-corrected chi connectivity index (χ3v) is 3.79. The fraction of sp³-hybridized carbons (Fsp3) is 0.867. The van der Waals surface area contributed by atoms with Crippen molar-refractivity contribution in [1.29, 1.82) is 0 Å². The summed E-state index contributed by atoms with van der Waals surface area (Å²) >= 11 is 0. The van der Waals surface area contributed by atoms with Crippen LogP contribution >= 0.6 is 0 Å². The van der Waals surface area contributed by atoms with Crippen molar-refractivity contribution in [2.45, 2.75) is 47.0 Å². The molecule has 0 aliphatic carbocycles. The van der Waals surface area contributed by atoms with Gasteiger partial charge in [-0.25, -0.2) is 4.79 Å². The highest BCUT2D eigenvalue weighted by molar-refractivity contribution is 5.76. The van der Waals surface area contributed by atoms with E-state index in [-0.39, 0.29) is 18.0 Å². The predicted molar refractivity (Wildman–Crippen MR) is 78.6 cm³/mol. The lowest BCUT2D eigenvalue weighted by Crippen LogP contribution is -2.49. The first-order valence-corrected chi connectivity index (χ1v) is 7.47. The molecule has 0 spiro atoms. The second-order valence-electron chi connectivity index (χ2n) is 7.04. The molecule has 5 heteroatoms. The van der Waals surface area contributed by atoms with Crippen LogP contribution < -0.4 is 5.32 Å². The maximum atomic E-state index is 12.1. The minimum absolute atomic E-state index is 0.132. The molecule has 1 fully saturated rings. The number of piperidine rings is 1. The van der Waals surface area contributed by atoms with Gasteiger partial charge in [0.25, 0.3) is 0 Å². The molecule has 116 valence electrons. The fourth-order valence-corrected chi connectivity index (χ4v) is 2.76. The van der Waals surface area contributed by atoms with E-state index in [9.17, 15) is 9.59 Å². The van der Waals surface area contributed by atoms with Crippen LogP contribution in [-0.2, 0) is 4.79 Å². The van der Waals surface area contributed by atoms with E-state index >= 15 is 0 Å². The highest BCUT2D eigenvalue weighted by Crippen LogP contribution is 2.28. The van der Waals surface area contributed by atoms with Crippen molar-refractivity contribution in [2.75, 3.05) is 19.6 Å². The molecule has 0 bridgehead atoms. The van der Waals surface area contributed by atoms with Crippen LogP contribution in [0.15, 0.2) is 0 Å². The van der Waals surface area contributed by atoms with Crippen LogP contribution in [0.4, 0.5) is 4.79 Å². The predicted octanol–water partition coefficient (Wildman–Crippen LogP) is 2.56. The molecule has 1 atom stereocenters. The Labute approximate surface area is 121 Å². The van der Waals surface area contributed by atoms with Gasteiger partial charge in [-0.15, -0.1) is 0 Å². The summed E-state index contributed by atoms with van der Waals surface area (Å²) in [5, 5.41) is 11.9. The first-order chi connectivity index (χ1) is 9.21. The molecular weight excluding hydrogens is 256 g/mol. The van der Waals surface area contributed by atoms with Crippen LogP contribution in [0.3, 0.4) is 0 Å². The smallest absolute Gasteiger partial charge is 0.317 e. The van der Waals surface area contributed by atoms with Crippen molar-refractivity contribution in [3.8, 4) is 0 Å². The minimum Gasteiger partial charge on any atom is -0.481 e. The van der Waals surface area contributed by atoms with E-state index in [0.717, 1.165) is 25.9 Å². The summed E-state index contributed by atoms with van der Waals surface area (Å²) in [6.07, 6.45) is 2.72. The van der Waals surface area contributed by atoms with Gasteiger partial charge in [0.15, 0.2) is 0 Å². The van der Waals surface area contributed by atoms with E-state index in [2.05, 4.69) is 19.2 Å². The van der Waals surface area contributed by atoms with E-state index in [1.54, 1.807) is 4.90 Å². The number of rotatable bonds is 5. The molecule has 0 saturated carbocycles. The average molecular weight is 284 g/mol. The molecular formula is C15H28N2O3. The van der Waals surface area contributed by atoms with Gasteiger partial charge in [-0.1, -0.05) is 27.7 Å². The molecule has 1 aliphatic rings. The Balaban J connectivity index is 2.47. The van der Waals surface area contributed by atoms with Crippen molar-refractivity contribution >= 4 is 12.0 Å². The molecule has 1 unspecified atom stereocenters. The van der Waals surface area contributed by atoms with Crippen LogP contribution in [0.5, 0.6) is 0 Å². The van der Waals surface area contributed by atoms with Crippen LogP contribution in [0.2, 0.25) is 0 Å². The number of carboxylic acid groups (broad SMARTS) is 1. The molecule has 1 aliphatic heterocycles. The number of urea groups is 1. The minimum atomic E-state index is -0.835. The number of hydrogen-bond donors (Lipinski definition) is 2. The van der Waals surface area contributed by atoms with E-state index in [1.165, 1.54) is 0 Å². The molecule has 0 radical (unpaired) electrons. The molecule has 0 aromatic heterocycles. The van der Waals surface area contributed by atoms with Gasteiger partial charge < -0.3 is 15.3 Å². The molecule has 1 saturated heterocycles. The number of nitrogens with one attached hydrogen (secondary N) is 1. The van der Waals surface area contributed by atoms with Gasteiger partial charge in [0.1, 0.15) is 0 Å². The Bertz CT molecular complexity index is 353. The highest BCUT2D eigenvalue weighted by Gasteiger charge is 2.29. The summed E-state index contributed by atoms with van der Waals surface area (Å²) in [5.41, 5.74) is 0.153. The molecule has 0 aromatic carbocycles. The maximum absolute atomic E-state index is 12.1. The van der Waals surface area contributed by atoms with Gasteiger partial charge >= 0.3 is 12.0 Å². The number of amides is 2. The maximum Gasteiger partial charge on any atom is 0.317 e. The first-order valence-electron chi connectivity index (χ1n) is 7.47. The second kappa shape index (κ2) is 6.95. The van der Waals surface area contributed by atoms with Crippen LogP contribution in [0.1, 0.15) is 47.0 Å². The van der Waals surface area contributed by atoms with Crippen molar-refractivity contribution < 1.29 is 14.7 Å². The van der Waals surface area contributed by atoms with Gasteiger partial charge in [-0.3, -0.25) is 4.79 Å². The Morgan fingerprint density at radius 3 is 2.50 bits per heavy atom. The molecule has 2 amide bonds. The number of nitrogens with zero attached hydrogens (tertiary/aromatic N) is 1. The summed E-state index contributed by atoms with van der Waals surface area (Å²) in [6, 6.07) is -0.132. The standard InChI is InChI=1S/C15H28N2O3/c1-11(2)8-12(13(18)19)9-16-14(20)17-7-5-6-15(3,4)10-17/h11-12H,5-10H2,1-4H3,(H,16,20)(H,18,19). The lowest BCUT2D eigenvalue weighted by Gasteiger charge is -2.38. The van der Waals surface area contributed by atoms with Crippen LogP contribution in [0, 0.1) is 17.3 Å². The summed E-state index contributed by atoms with van der Waals surface area (Å²) in [4.78, 5) is 25.1. The number of hydrogen-bond acceptors (Lipinski definition) is 2. The summed E-state index contributed by atoms with van der Waals surface area (Å²) in [6.45, 7) is 10.0. The third kappa shape index (κ3) is 5.39. The van der Waals surface area contributed by atoms with Gasteiger partial charge in [-0.2, -0.15) is 0 Å². The van der Waals surface area contributed by atoms with E-state index in [1.807, 2.05) is 13.8 Å². The molecule has 0 aromatic rings. The molecule has 5 nitrogen and oxygen atoms in total. The zero-order chi connectivity index (χ0) is 15.3. The number of aliphatic carboxylic acids is 1. The van der Waals surface area contributed by atoms with Crippen LogP contribution in [0.25, 0.3) is 0 Å². The largest absolute Gasteiger partial charge is 0.481 e. The number of carbonyl (C=O) groups is 2. The van der Waals surface area contributed by atoms with Crippen molar-refractivity contribution in [2.24, 2.45) is 17.3 Å². The van der Waals surface area contributed by atoms with E-state index in [4.69, 9.17) is 5.11 Å². The van der Waals surface area contributed by atoms with Gasteiger partial charge in [-0.05, 0) is 30.6 Å². The summed E-state index contributed by atoms with van der Waals surface area (Å²) in [7, 11) is 0. The fourth-order valence-electron chi connectivity index (χ4n) is 2.76. The molecule has 1 heterocycles. The van der Waals surface area contributed by atoms with E-state index in [0.29, 0.717) is 12.3 Å². The Kier molecular flexibility index (Phi) is 5.84. The number of carboxylic acids is 1. The second-order valence-corrected chi connectivity index (χ2v) is 7.04. The van der Waals surface area contributed by atoms with Gasteiger partial charge in [0, 0.05) is 19.6 Å². The zero-order valence-electron chi connectivity index (χ0n) is 13.1. The number of likely N-dealkylation sites (tertiary alicyclic amines) is 1. The lowest BCUT2D eigenvalue weighted by atomic mass is 9.84. The zero-order valence-corrected chi connectivity index (χ0v) is 13.1. The average Bonchev–Trinajstić information content (AvgIpc) is 2.32. The summed E-state index contributed by atoms with van der Waals surface area (Å²) in [5.74, 6) is -1.03. The van der Waals surface area contributed by atoms with Crippen LogP contribution in [-0.4, -0.2) is 41.6 Å². The third-order valence-electron chi connectivity index (χ3n) is 3.79. The number of carbonyl (C=O) groups excluding carboxylic acids is 1. The normalized spacial score (nSPS) is 19.8. The van der Waals surface area contributed by atoms with Crippen molar-refractivity contribution in [3.05, 3.63) is 0 Å².